The van der Waals surface area contributed by atoms with E-state index in [4.69, 9.17) is 9.26 Å². The van der Waals surface area contributed by atoms with Crippen molar-refractivity contribution in [2.24, 2.45) is 5.41 Å². The molecule has 2 aliphatic heterocycles. The highest BCUT2D eigenvalue weighted by atomic mass is 16.6. The first-order chi connectivity index (χ1) is 14.9. The van der Waals surface area contributed by atoms with Gasteiger partial charge in [0.1, 0.15) is 5.82 Å². The van der Waals surface area contributed by atoms with Crippen molar-refractivity contribution in [3.63, 3.8) is 0 Å². The van der Waals surface area contributed by atoms with E-state index < -0.39 is 0 Å². The molecular formula is C22H32N6O3. The molecule has 31 heavy (non-hydrogen) atoms. The number of aromatic nitrogens is 3. The van der Waals surface area contributed by atoms with Crippen LogP contribution in [0.2, 0.25) is 0 Å². The molecular weight excluding hydrogens is 396 g/mol. The molecule has 0 radical (unpaired) electrons. The number of piperidine rings is 1. The first-order valence-electron chi connectivity index (χ1n) is 11.1. The van der Waals surface area contributed by atoms with Crippen molar-refractivity contribution in [3.05, 3.63) is 24.2 Å². The second-order valence-corrected chi connectivity index (χ2v) is 9.49. The predicted molar refractivity (Wildman–Crippen MR) is 117 cm³/mol. The van der Waals surface area contributed by atoms with Crippen LogP contribution >= 0.6 is 0 Å². The SMILES string of the molecule is CC(C)(C)COC(=O)N1CCN(c2cc(-c3noc(C4CCCNC4)n3)ccn2)CC1. The van der Waals surface area contributed by atoms with E-state index in [1.165, 1.54) is 0 Å². The van der Waals surface area contributed by atoms with Gasteiger partial charge < -0.3 is 24.4 Å². The summed E-state index contributed by atoms with van der Waals surface area (Å²) in [6.07, 6.45) is 3.72. The summed E-state index contributed by atoms with van der Waals surface area (Å²) in [6, 6.07) is 3.89. The van der Waals surface area contributed by atoms with Crippen molar-refractivity contribution in [1.29, 1.82) is 0 Å². The number of ether oxygens (including phenoxy) is 1. The molecule has 1 amide bonds. The van der Waals surface area contributed by atoms with Crippen molar-refractivity contribution < 1.29 is 14.1 Å². The largest absolute Gasteiger partial charge is 0.449 e. The predicted octanol–water partition coefficient (Wildman–Crippen LogP) is 2.90. The zero-order valence-corrected chi connectivity index (χ0v) is 18.6. The standard InChI is InChI=1S/C22H32N6O3/c1-22(2,3)15-30-21(29)28-11-9-27(10-12-28)18-13-16(6-8-24-18)19-25-20(31-26-19)17-5-4-7-23-14-17/h6,8,13,17,23H,4-5,7,9-12,14-15H2,1-3H3. The lowest BCUT2D eigenvalue weighted by Gasteiger charge is -2.35. The van der Waals surface area contributed by atoms with Gasteiger partial charge in [0.05, 0.1) is 12.5 Å². The number of carbonyl (C=O) groups is 1. The van der Waals surface area contributed by atoms with Gasteiger partial charge in [-0.05, 0) is 36.9 Å². The Labute approximate surface area is 183 Å². The summed E-state index contributed by atoms with van der Waals surface area (Å²) in [5.74, 6) is 2.42. The minimum Gasteiger partial charge on any atom is -0.449 e. The number of nitrogens with zero attached hydrogens (tertiary/aromatic N) is 5. The van der Waals surface area contributed by atoms with E-state index in [9.17, 15) is 4.79 Å². The molecule has 0 saturated carbocycles. The fourth-order valence-electron chi connectivity index (χ4n) is 3.80. The molecule has 0 aliphatic carbocycles. The Balaban J connectivity index is 1.36. The molecule has 1 atom stereocenters. The average Bonchev–Trinajstić information content (AvgIpc) is 3.28. The third-order valence-electron chi connectivity index (χ3n) is 5.58. The van der Waals surface area contributed by atoms with E-state index in [0.717, 1.165) is 37.3 Å². The van der Waals surface area contributed by atoms with Crippen molar-refractivity contribution >= 4 is 11.9 Å². The highest BCUT2D eigenvalue weighted by Crippen LogP contribution is 2.26. The van der Waals surface area contributed by atoms with Gasteiger partial charge in [0.15, 0.2) is 0 Å². The molecule has 4 heterocycles. The van der Waals surface area contributed by atoms with E-state index >= 15 is 0 Å². The molecule has 2 saturated heterocycles. The average molecular weight is 429 g/mol. The van der Waals surface area contributed by atoms with Crippen LogP contribution in [0.25, 0.3) is 11.4 Å². The maximum atomic E-state index is 12.3. The van der Waals surface area contributed by atoms with Crippen LogP contribution in [0.3, 0.4) is 0 Å². The summed E-state index contributed by atoms with van der Waals surface area (Å²) in [5, 5.41) is 7.57. The molecule has 0 aromatic carbocycles. The number of anilines is 1. The molecule has 1 N–H and O–H groups in total. The van der Waals surface area contributed by atoms with E-state index in [-0.39, 0.29) is 17.4 Å². The summed E-state index contributed by atoms with van der Waals surface area (Å²) in [7, 11) is 0. The molecule has 168 valence electrons. The number of hydrogen-bond donors (Lipinski definition) is 1. The lowest BCUT2D eigenvalue weighted by Crippen LogP contribution is -2.49. The molecule has 2 aromatic heterocycles. The fraction of sp³-hybridized carbons (Fsp3) is 0.636. The molecule has 4 rings (SSSR count). The molecule has 2 fully saturated rings. The van der Waals surface area contributed by atoms with Crippen LogP contribution in [0.4, 0.5) is 10.6 Å². The highest BCUT2D eigenvalue weighted by molar-refractivity contribution is 5.68. The van der Waals surface area contributed by atoms with Gasteiger partial charge in [-0.1, -0.05) is 25.9 Å². The van der Waals surface area contributed by atoms with E-state index in [1.807, 2.05) is 12.1 Å². The minimum atomic E-state index is -0.243. The second kappa shape index (κ2) is 9.21. The smallest absolute Gasteiger partial charge is 0.409 e. The van der Waals surface area contributed by atoms with Gasteiger partial charge in [-0.25, -0.2) is 9.78 Å². The molecule has 0 spiro atoms. The third kappa shape index (κ3) is 5.52. The Kier molecular flexibility index (Phi) is 6.41. The van der Waals surface area contributed by atoms with Crippen LogP contribution in [0.15, 0.2) is 22.9 Å². The second-order valence-electron chi connectivity index (χ2n) is 9.49. The van der Waals surface area contributed by atoms with Crippen molar-refractivity contribution in [3.8, 4) is 11.4 Å². The molecule has 0 bridgehead atoms. The van der Waals surface area contributed by atoms with Gasteiger partial charge in [-0.15, -0.1) is 0 Å². The van der Waals surface area contributed by atoms with Gasteiger partial charge >= 0.3 is 6.09 Å². The minimum absolute atomic E-state index is 0.0373. The Hall–Kier alpha value is -2.68. The monoisotopic (exact) mass is 428 g/mol. The number of pyridine rings is 1. The summed E-state index contributed by atoms with van der Waals surface area (Å²) in [5.41, 5.74) is 0.848. The van der Waals surface area contributed by atoms with Crippen LogP contribution in [-0.4, -0.2) is 72.0 Å². The summed E-state index contributed by atoms with van der Waals surface area (Å²) < 4.78 is 11.0. The number of piperazine rings is 1. The van der Waals surface area contributed by atoms with Crippen LogP contribution < -0.4 is 10.2 Å². The molecule has 1 unspecified atom stereocenters. The summed E-state index contributed by atoms with van der Waals surface area (Å²) in [4.78, 5) is 25.4. The Morgan fingerprint density at radius 3 is 2.81 bits per heavy atom. The maximum Gasteiger partial charge on any atom is 0.409 e. The number of carbonyl (C=O) groups excluding carboxylic acids is 1. The first kappa shape index (κ1) is 21.5. The van der Waals surface area contributed by atoms with Gasteiger partial charge in [0.2, 0.25) is 11.7 Å². The van der Waals surface area contributed by atoms with Crippen LogP contribution in [0, 0.1) is 5.41 Å². The van der Waals surface area contributed by atoms with Gasteiger partial charge in [-0.2, -0.15) is 4.98 Å². The van der Waals surface area contributed by atoms with E-state index in [2.05, 4.69) is 46.1 Å². The topological polar surface area (TPSA) is 96.6 Å². The maximum absolute atomic E-state index is 12.3. The van der Waals surface area contributed by atoms with Gasteiger partial charge in [-0.3, -0.25) is 0 Å². The Morgan fingerprint density at radius 2 is 2.10 bits per heavy atom. The number of amides is 1. The summed E-state index contributed by atoms with van der Waals surface area (Å²) >= 11 is 0. The highest BCUT2D eigenvalue weighted by Gasteiger charge is 2.25. The molecule has 2 aromatic rings. The Morgan fingerprint density at radius 1 is 1.29 bits per heavy atom. The number of nitrogens with one attached hydrogen (secondary N) is 1. The zero-order chi connectivity index (χ0) is 21.8. The van der Waals surface area contributed by atoms with Crippen LogP contribution in [0.5, 0.6) is 0 Å². The van der Waals surface area contributed by atoms with Gasteiger partial charge in [0.25, 0.3) is 0 Å². The van der Waals surface area contributed by atoms with Crippen molar-refractivity contribution in [2.45, 2.75) is 39.5 Å². The van der Waals surface area contributed by atoms with Crippen LogP contribution in [-0.2, 0) is 4.74 Å². The fourth-order valence-corrected chi connectivity index (χ4v) is 3.80. The number of hydrogen-bond acceptors (Lipinski definition) is 8. The number of rotatable bonds is 4. The van der Waals surface area contributed by atoms with E-state index in [1.54, 1.807) is 11.1 Å². The van der Waals surface area contributed by atoms with Crippen LogP contribution in [0.1, 0.15) is 45.4 Å². The zero-order valence-electron chi connectivity index (χ0n) is 18.6. The normalized spacial score (nSPS) is 20.0. The van der Waals surface area contributed by atoms with Crippen molar-refractivity contribution in [2.75, 3.05) is 50.8 Å². The van der Waals surface area contributed by atoms with Gasteiger partial charge in [0, 0.05) is 44.5 Å². The molecule has 2 aliphatic rings. The van der Waals surface area contributed by atoms with E-state index in [0.29, 0.717) is 44.5 Å². The molecule has 9 nitrogen and oxygen atoms in total. The quantitative estimate of drug-likeness (QED) is 0.794. The first-order valence-corrected chi connectivity index (χ1v) is 11.1. The summed E-state index contributed by atoms with van der Waals surface area (Å²) in [6.45, 7) is 11.1. The Bertz CT molecular complexity index is 879. The lowest BCUT2D eigenvalue weighted by molar-refractivity contribution is 0.0707. The van der Waals surface area contributed by atoms with Crippen molar-refractivity contribution in [1.82, 2.24) is 25.3 Å². The lowest BCUT2D eigenvalue weighted by atomic mass is 9.99. The molecule has 9 heteroatoms. The third-order valence-corrected chi connectivity index (χ3v) is 5.58.